The van der Waals surface area contributed by atoms with Crippen LogP contribution in [-0.4, -0.2) is 50.8 Å². The van der Waals surface area contributed by atoms with Crippen LogP contribution in [0.15, 0.2) is 0 Å². The van der Waals surface area contributed by atoms with E-state index in [-0.39, 0.29) is 5.97 Å². The molecule has 0 saturated carbocycles. The molecule has 4 nitrogen and oxygen atoms in total. The summed E-state index contributed by atoms with van der Waals surface area (Å²) >= 11 is 0. The average Bonchev–Trinajstić information content (AvgIpc) is 2.36. The zero-order chi connectivity index (χ0) is 12.5. The first-order valence-electron chi connectivity index (χ1n) is 6.57. The van der Waals surface area contributed by atoms with E-state index in [4.69, 9.17) is 9.47 Å². The van der Waals surface area contributed by atoms with Crippen LogP contribution in [0.2, 0.25) is 0 Å². The zero-order valence-electron chi connectivity index (χ0n) is 11.1. The van der Waals surface area contributed by atoms with Gasteiger partial charge in [0.05, 0.1) is 13.5 Å². The Morgan fingerprint density at radius 1 is 1.29 bits per heavy atom. The van der Waals surface area contributed by atoms with Crippen LogP contribution in [0.5, 0.6) is 0 Å². The van der Waals surface area contributed by atoms with Crippen molar-refractivity contribution in [2.24, 2.45) is 0 Å². The first-order chi connectivity index (χ1) is 8.27. The lowest BCUT2D eigenvalue weighted by molar-refractivity contribution is -0.142. The largest absolute Gasteiger partial charge is 0.469 e. The van der Waals surface area contributed by atoms with Gasteiger partial charge < -0.3 is 9.47 Å². The Kier molecular flexibility index (Phi) is 7.21. The van der Waals surface area contributed by atoms with Crippen molar-refractivity contribution >= 4 is 5.97 Å². The molecule has 0 aliphatic carbocycles. The van der Waals surface area contributed by atoms with Gasteiger partial charge in [0.2, 0.25) is 0 Å². The third-order valence-corrected chi connectivity index (χ3v) is 3.42. The quantitative estimate of drug-likeness (QED) is 0.505. The minimum absolute atomic E-state index is 0.0845. The summed E-state index contributed by atoms with van der Waals surface area (Å²) in [6.07, 6.45) is 6.39. The monoisotopic (exact) mass is 243 g/mol. The molecule has 0 aromatic carbocycles. The van der Waals surface area contributed by atoms with Crippen LogP contribution in [0.4, 0.5) is 0 Å². The Morgan fingerprint density at radius 2 is 2.12 bits per heavy atom. The van der Waals surface area contributed by atoms with Crippen LogP contribution in [0.1, 0.15) is 38.5 Å². The Morgan fingerprint density at radius 3 is 2.82 bits per heavy atom. The maximum absolute atomic E-state index is 11.3. The summed E-state index contributed by atoms with van der Waals surface area (Å²) in [7, 11) is 3.20. The highest BCUT2D eigenvalue weighted by molar-refractivity contribution is 5.69. The number of carbonyl (C=O) groups is 1. The molecule has 0 amide bonds. The van der Waals surface area contributed by atoms with Gasteiger partial charge in [0, 0.05) is 19.8 Å². The van der Waals surface area contributed by atoms with Crippen molar-refractivity contribution in [3.05, 3.63) is 0 Å². The lowest BCUT2D eigenvalue weighted by Crippen LogP contribution is -2.41. The summed E-state index contributed by atoms with van der Waals surface area (Å²) in [4.78, 5) is 13.8. The van der Waals surface area contributed by atoms with E-state index in [0.717, 1.165) is 39.0 Å². The summed E-state index contributed by atoms with van der Waals surface area (Å²) in [5.74, 6) is -0.0845. The molecule has 17 heavy (non-hydrogen) atoms. The third kappa shape index (κ3) is 5.50. The number of piperidine rings is 1. The van der Waals surface area contributed by atoms with Gasteiger partial charge in [-0.05, 0) is 38.8 Å². The molecule has 0 aromatic heterocycles. The van der Waals surface area contributed by atoms with Crippen molar-refractivity contribution in [1.82, 2.24) is 4.90 Å². The van der Waals surface area contributed by atoms with E-state index in [9.17, 15) is 4.79 Å². The molecular weight excluding hydrogens is 218 g/mol. The highest BCUT2D eigenvalue weighted by atomic mass is 16.5. The molecule has 0 radical (unpaired) electrons. The maximum atomic E-state index is 11.3. The maximum Gasteiger partial charge on any atom is 0.307 e. The molecule has 1 atom stereocenters. The molecule has 0 N–H and O–H groups in total. The van der Waals surface area contributed by atoms with E-state index in [0.29, 0.717) is 12.5 Å². The lowest BCUT2D eigenvalue weighted by atomic mass is 9.99. The summed E-state index contributed by atoms with van der Waals surface area (Å²) in [6.45, 7) is 3.02. The van der Waals surface area contributed by atoms with E-state index in [2.05, 4.69) is 4.90 Å². The SMILES string of the molecule is COCCCCN1CCCCC1CC(=O)OC. The number of likely N-dealkylation sites (tertiary alicyclic amines) is 1. The van der Waals surface area contributed by atoms with Gasteiger partial charge in [0.15, 0.2) is 0 Å². The van der Waals surface area contributed by atoms with E-state index < -0.39 is 0 Å². The van der Waals surface area contributed by atoms with Gasteiger partial charge in [-0.1, -0.05) is 6.42 Å². The Labute approximate surface area is 104 Å². The van der Waals surface area contributed by atoms with Crippen LogP contribution in [0.25, 0.3) is 0 Å². The molecule has 0 aromatic rings. The molecule has 1 aliphatic rings. The van der Waals surface area contributed by atoms with Crippen molar-refractivity contribution in [1.29, 1.82) is 0 Å². The number of nitrogens with zero attached hydrogens (tertiary/aromatic N) is 1. The Hall–Kier alpha value is -0.610. The molecule has 1 heterocycles. The summed E-state index contributed by atoms with van der Waals surface area (Å²) < 4.78 is 9.81. The second kappa shape index (κ2) is 8.48. The van der Waals surface area contributed by atoms with Gasteiger partial charge in [-0.15, -0.1) is 0 Å². The highest BCUT2D eigenvalue weighted by Crippen LogP contribution is 2.20. The summed E-state index contributed by atoms with van der Waals surface area (Å²) in [5.41, 5.74) is 0. The van der Waals surface area contributed by atoms with Crippen molar-refractivity contribution in [2.45, 2.75) is 44.6 Å². The standard InChI is InChI=1S/C13H25NO3/c1-16-10-6-5-9-14-8-4-3-7-12(14)11-13(15)17-2/h12H,3-11H2,1-2H3. The third-order valence-electron chi connectivity index (χ3n) is 3.42. The van der Waals surface area contributed by atoms with Crippen LogP contribution in [0, 0.1) is 0 Å². The normalized spacial score (nSPS) is 21.4. The van der Waals surface area contributed by atoms with Crippen molar-refractivity contribution in [3.8, 4) is 0 Å². The van der Waals surface area contributed by atoms with Gasteiger partial charge in [-0.25, -0.2) is 0 Å². The van der Waals surface area contributed by atoms with E-state index in [1.54, 1.807) is 7.11 Å². The molecule has 4 heteroatoms. The summed E-state index contributed by atoms with van der Waals surface area (Å²) in [6, 6.07) is 0.388. The number of carbonyl (C=O) groups excluding carboxylic acids is 1. The fourth-order valence-corrected chi connectivity index (χ4v) is 2.42. The number of hydrogen-bond acceptors (Lipinski definition) is 4. The molecule has 0 spiro atoms. The fraction of sp³-hybridized carbons (Fsp3) is 0.923. The minimum Gasteiger partial charge on any atom is -0.469 e. The Balaban J connectivity index is 2.29. The molecule has 1 saturated heterocycles. The molecule has 1 rings (SSSR count). The van der Waals surface area contributed by atoms with E-state index in [1.165, 1.54) is 20.0 Å². The van der Waals surface area contributed by atoms with Gasteiger partial charge >= 0.3 is 5.97 Å². The predicted octanol–water partition coefficient (Wildman–Crippen LogP) is 1.83. The Bertz CT molecular complexity index is 221. The lowest BCUT2D eigenvalue weighted by Gasteiger charge is -2.35. The van der Waals surface area contributed by atoms with Crippen molar-refractivity contribution in [2.75, 3.05) is 33.9 Å². The number of ether oxygens (including phenoxy) is 2. The second-order valence-corrected chi connectivity index (χ2v) is 4.67. The van der Waals surface area contributed by atoms with Crippen LogP contribution in [-0.2, 0) is 14.3 Å². The second-order valence-electron chi connectivity index (χ2n) is 4.67. The molecule has 1 fully saturated rings. The predicted molar refractivity (Wildman–Crippen MR) is 67.0 cm³/mol. The highest BCUT2D eigenvalue weighted by Gasteiger charge is 2.24. The van der Waals surface area contributed by atoms with Gasteiger partial charge in [-0.2, -0.15) is 0 Å². The smallest absolute Gasteiger partial charge is 0.307 e. The number of esters is 1. The topological polar surface area (TPSA) is 38.8 Å². The van der Waals surface area contributed by atoms with E-state index >= 15 is 0 Å². The minimum atomic E-state index is -0.0845. The molecule has 0 bridgehead atoms. The molecular formula is C13H25NO3. The number of rotatable bonds is 7. The van der Waals surface area contributed by atoms with Gasteiger partial charge in [-0.3, -0.25) is 9.69 Å². The number of hydrogen-bond donors (Lipinski definition) is 0. The number of methoxy groups -OCH3 is 2. The van der Waals surface area contributed by atoms with Crippen LogP contribution < -0.4 is 0 Å². The fourth-order valence-electron chi connectivity index (χ4n) is 2.42. The molecule has 1 aliphatic heterocycles. The van der Waals surface area contributed by atoms with Crippen LogP contribution in [0.3, 0.4) is 0 Å². The van der Waals surface area contributed by atoms with Crippen molar-refractivity contribution in [3.63, 3.8) is 0 Å². The average molecular weight is 243 g/mol. The van der Waals surface area contributed by atoms with Crippen molar-refractivity contribution < 1.29 is 14.3 Å². The van der Waals surface area contributed by atoms with Gasteiger partial charge in [0.25, 0.3) is 0 Å². The molecule has 100 valence electrons. The molecule has 1 unspecified atom stereocenters. The number of unbranched alkanes of at least 4 members (excludes halogenated alkanes) is 1. The van der Waals surface area contributed by atoms with E-state index in [1.807, 2.05) is 0 Å². The first kappa shape index (κ1) is 14.5. The van der Waals surface area contributed by atoms with Gasteiger partial charge in [0.1, 0.15) is 0 Å². The summed E-state index contributed by atoms with van der Waals surface area (Å²) in [5, 5.41) is 0. The first-order valence-corrected chi connectivity index (χ1v) is 6.57. The zero-order valence-corrected chi connectivity index (χ0v) is 11.1. The van der Waals surface area contributed by atoms with Crippen LogP contribution >= 0.6 is 0 Å².